The van der Waals surface area contributed by atoms with Gasteiger partial charge in [-0.3, -0.25) is 4.79 Å². The molecule has 1 N–H and O–H groups in total. The zero-order chi connectivity index (χ0) is 18.6. The largest absolute Gasteiger partial charge is 0.349 e. The van der Waals surface area contributed by atoms with Crippen LogP contribution in [0.1, 0.15) is 36.7 Å². The van der Waals surface area contributed by atoms with Crippen molar-refractivity contribution in [3.05, 3.63) is 35.4 Å². The molecular formula is C18H29N3O3S. The molecule has 1 heterocycles. The average Bonchev–Trinajstić information content (AvgIpc) is 2.55. The number of hydrogen-bond donors (Lipinski definition) is 1. The fourth-order valence-electron chi connectivity index (χ4n) is 2.58. The molecule has 1 atom stereocenters. The average molecular weight is 368 g/mol. The second-order valence-corrected chi connectivity index (χ2v) is 9.13. The number of likely N-dealkylation sites (N-methyl/N-ethyl adjacent to an activating group) is 1. The van der Waals surface area contributed by atoms with Crippen LogP contribution in [0.25, 0.3) is 0 Å². The maximum absolute atomic E-state index is 12.5. The Morgan fingerprint density at radius 3 is 2.16 bits per heavy atom. The summed E-state index contributed by atoms with van der Waals surface area (Å²) in [4.78, 5) is 14.3. The minimum atomic E-state index is -3.32. The van der Waals surface area contributed by atoms with Crippen molar-refractivity contribution in [3.8, 4) is 0 Å². The number of carbonyl (C=O) groups is 1. The summed E-state index contributed by atoms with van der Waals surface area (Å²) >= 11 is 0. The molecule has 0 spiro atoms. The molecule has 1 aliphatic heterocycles. The van der Waals surface area contributed by atoms with Crippen molar-refractivity contribution in [2.24, 2.45) is 5.92 Å². The van der Waals surface area contributed by atoms with E-state index in [1.54, 1.807) is 28.6 Å². The van der Waals surface area contributed by atoms with E-state index in [1.807, 2.05) is 14.0 Å². The Morgan fingerprint density at radius 2 is 1.64 bits per heavy atom. The summed E-state index contributed by atoms with van der Waals surface area (Å²) in [5.74, 6) is 0.202. The highest BCUT2D eigenvalue weighted by Gasteiger charge is 2.25. The van der Waals surface area contributed by atoms with E-state index in [-0.39, 0.29) is 17.7 Å². The third-order valence-corrected chi connectivity index (χ3v) is 6.63. The smallest absolute Gasteiger partial charge is 0.251 e. The van der Waals surface area contributed by atoms with Gasteiger partial charge in [0.05, 0.1) is 5.75 Å². The number of sulfonamides is 1. The number of nitrogens with zero attached hydrogens (tertiary/aromatic N) is 2. The molecule has 0 aromatic heterocycles. The number of hydrogen-bond acceptors (Lipinski definition) is 4. The lowest BCUT2D eigenvalue weighted by atomic mass is 10.1. The summed E-state index contributed by atoms with van der Waals surface area (Å²) in [6, 6.07) is 6.92. The summed E-state index contributed by atoms with van der Waals surface area (Å²) in [5.41, 5.74) is 1.25. The molecule has 1 aliphatic rings. The van der Waals surface area contributed by atoms with E-state index in [0.717, 1.165) is 13.1 Å². The highest BCUT2D eigenvalue weighted by Crippen LogP contribution is 2.14. The SMILES string of the molecule is CC(C)[C@@H](C)NC(=O)c1ccc(CS(=O)(=O)N2CCN(C)CC2)cc1. The van der Waals surface area contributed by atoms with Gasteiger partial charge in [0.2, 0.25) is 10.0 Å². The highest BCUT2D eigenvalue weighted by atomic mass is 32.2. The van der Waals surface area contributed by atoms with Crippen molar-refractivity contribution >= 4 is 15.9 Å². The van der Waals surface area contributed by atoms with E-state index >= 15 is 0 Å². The van der Waals surface area contributed by atoms with Crippen LogP contribution in [-0.4, -0.2) is 62.8 Å². The van der Waals surface area contributed by atoms with Crippen LogP contribution in [0.5, 0.6) is 0 Å². The number of carbonyl (C=O) groups excluding carboxylic acids is 1. The molecule has 25 heavy (non-hydrogen) atoms. The summed E-state index contributed by atoms with van der Waals surface area (Å²) in [5, 5.41) is 2.95. The lowest BCUT2D eigenvalue weighted by molar-refractivity contribution is 0.0930. The minimum Gasteiger partial charge on any atom is -0.349 e. The number of piperazine rings is 1. The van der Waals surface area contributed by atoms with Crippen molar-refractivity contribution < 1.29 is 13.2 Å². The molecule has 0 unspecified atom stereocenters. The van der Waals surface area contributed by atoms with Gasteiger partial charge in [-0.1, -0.05) is 26.0 Å². The van der Waals surface area contributed by atoms with E-state index in [2.05, 4.69) is 24.1 Å². The van der Waals surface area contributed by atoms with Gasteiger partial charge >= 0.3 is 0 Å². The maximum atomic E-state index is 12.5. The first-order chi connectivity index (χ1) is 11.7. The van der Waals surface area contributed by atoms with Crippen LogP contribution in [0.3, 0.4) is 0 Å². The summed E-state index contributed by atoms with van der Waals surface area (Å²) in [6.45, 7) is 8.66. The fourth-order valence-corrected chi connectivity index (χ4v) is 4.09. The summed E-state index contributed by atoms with van der Waals surface area (Å²) in [7, 11) is -1.32. The first-order valence-electron chi connectivity index (χ1n) is 8.75. The molecule has 0 radical (unpaired) electrons. The van der Waals surface area contributed by atoms with Gasteiger partial charge in [-0.2, -0.15) is 4.31 Å². The molecule has 0 saturated carbocycles. The molecule has 1 aromatic rings. The molecule has 6 nitrogen and oxygen atoms in total. The minimum absolute atomic E-state index is 0.0268. The topological polar surface area (TPSA) is 69.7 Å². The van der Waals surface area contributed by atoms with Crippen molar-refractivity contribution in [3.63, 3.8) is 0 Å². The third-order valence-electron chi connectivity index (χ3n) is 4.78. The van der Waals surface area contributed by atoms with Gasteiger partial charge in [0.1, 0.15) is 0 Å². The number of rotatable bonds is 6. The third kappa shape index (κ3) is 5.52. The van der Waals surface area contributed by atoms with Crippen LogP contribution in [0.4, 0.5) is 0 Å². The van der Waals surface area contributed by atoms with E-state index in [0.29, 0.717) is 30.1 Å². The Hall–Kier alpha value is -1.44. The second kappa shape index (κ2) is 8.29. The Kier molecular flexibility index (Phi) is 6.59. The van der Waals surface area contributed by atoms with E-state index in [9.17, 15) is 13.2 Å². The quantitative estimate of drug-likeness (QED) is 0.828. The molecule has 7 heteroatoms. The van der Waals surface area contributed by atoms with Crippen LogP contribution < -0.4 is 5.32 Å². The molecule has 1 fully saturated rings. The monoisotopic (exact) mass is 367 g/mol. The summed E-state index contributed by atoms with van der Waals surface area (Å²) < 4.78 is 26.6. The van der Waals surface area contributed by atoms with Gasteiger partial charge in [0.25, 0.3) is 5.91 Å². The van der Waals surface area contributed by atoms with Crippen molar-refractivity contribution in [2.45, 2.75) is 32.6 Å². The van der Waals surface area contributed by atoms with Crippen molar-refractivity contribution in [1.29, 1.82) is 0 Å². The van der Waals surface area contributed by atoms with Crippen molar-refractivity contribution in [2.75, 3.05) is 33.2 Å². The number of amides is 1. The van der Waals surface area contributed by atoms with Crippen LogP contribution in [0.2, 0.25) is 0 Å². The van der Waals surface area contributed by atoms with Gasteiger partial charge in [0, 0.05) is 37.8 Å². The molecule has 2 rings (SSSR count). The molecule has 1 saturated heterocycles. The molecule has 0 aliphatic carbocycles. The van der Waals surface area contributed by atoms with Gasteiger partial charge in [0.15, 0.2) is 0 Å². The zero-order valence-corrected chi connectivity index (χ0v) is 16.3. The highest BCUT2D eigenvalue weighted by molar-refractivity contribution is 7.88. The number of nitrogens with one attached hydrogen (secondary N) is 1. The maximum Gasteiger partial charge on any atom is 0.251 e. The van der Waals surface area contributed by atoms with Gasteiger partial charge < -0.3 is 10.2 Å². The van der Waals surface area contributed by atoms with Crippen LogP contribution in [0, 0.1) is 5.92 Å². The van der Waals surface area contributed by atoms with Crippen LogP contribution >= 0.6 is 0 Å². The van der Waals surface area contributed by atoms with Gasteiger partial charge in [-0.05, 0) is 37.6 Å². The Labute approximate surface area is 151 Å². The normalized spacial score (nSPS) is 18.3. The van der Waals surface area contributed by atoms with Crippen LogP contribution in [0.15, 0.2) is 24.3 Å². The molecule has 0 bridgehead atoms. The summed E-state index contributed by atoms with van der Waals surface area (Å²) in [6.07, 6.45) is 0. The predicted molar refractivity (Wildman–Crippen MR) is 99.9 cm³/mol. The van der Waals surface area contributed by atoms with Gasteiger partial charge in [-0.15, -0.1) is 0 Å². The molecular weight excluding hydrogens is 338 g/mol. The standard InChI is InChI=1S/C18H29N3O3S/c1-14(2)15(3)19-18(22)17-7-5-16(6-8-17)13-25(23,24)21-11-9-20(4)10-12-21/h5-8,14-15H,9-13H2,1-4H3,(H,19,22)/t15-/m1/s1. The van der Waals surface area contributed by atoms with Gasteiger partial charge in [-0.25, -0.2) is 8.42 Å². The van der Waals surface area contributed by atoms with Crippen LogP contribution in [-0.2, 0) is 15.8 Å². The first-order valence-corrected chi connectivity index (χ1v) is 10.4. The van der Waals surface area contributed by atoms with E-state index in [1.165, 1.54) is 0 Å². The Bertz CT molecular complexity index is 678. The number of benzene rings is 1. The van der Waals surface area contributed by atoms with Crippen molar-refractivity contribution in [1.82, 2.24) is 14.5 Å². The predicted octanol–water partition coefficient (Wildman–Crippen LogP) is 1.54. The lowest BCUT2D eigenvalue weighted by Crippen LogP contribution is -2.47. The van der Waals surface area contributed by atoms with E-state index in [4.69, 9.17) is 0 Å². The van der Waals surface area contributed by atoms with E-state index < -0.39 is 10.0 Å². The molecule has 1 aromatic carbocycles. The lowest BCUT2D eigenvalue weighted by Gasteiger charge is -2.31. The Balaban J connectivity index is 1.99. The first kappa shape index (κ1) is 19.9. The zero-order valence-electron chi connectivity index (χ0n) is 15.5. The fraction of sp³-hybridized carbons (Fsp3) is 0.611. The second-order valence-electron chi connectivity index (χ2n) is 7.16. The molecule has 1 amide bonds. The Morgan fingerprint density at radius 1 is 1.08 bits per heavy atom. The molecule has 140 valence electrons.